The molecule has 2 aliphatic heterocycles. The van der Waals surface area contributed by atoms with Crippen molar-refractivity contribution in [3.63, 3.8) is 0 Å². The van der Waals surface area contributed by atoms with E-state index >= 15 is 0 Å². The minimum atomic E-state index is -3.43. The van der Waals surface area contributed by atoms with Crippen LogP contribution < -0.4 is 4.74 Å². The normalized spacial score (nSPS) is 21.6. The lowest BCUT2D eigenvalue weighted by Crippen LogP contribution is -2.53. The maximum Gasteiger partial charge on any atom is 0.281 e. The second-order valence-electron chi connectivity index (χ2n) is 6.95. The molecule has 9 heteroatoms. The van der Waals surface area contributed by atoms with E-state index in [1.165, 1.54) is 22.7 Å². The van der Waals surface area contributed by atoms with Crippen molar-refractivity contribution in [3.05, 3.63) is 29.8 Å². The number of ether oxygens (including phenoxy) is 2. The highest BCUT2D eigenvalue weighted by molar-refractivity contribution is 7.86. The van der Waals surface area contributed by atoms with Gasteiger partial charge in [0, 0.05) is 52.4 Å². The molecule has 1 aromatic rings. The van der Waals surface area contributed by atoms with E-state index in [-0.39, 0.29) is 12.0 Å². The molecule has 1 aromatic carbocycles. The van der Waals surface area contributed by atoms with Crippen LogP contribution in [0.1, 0.15) is 23.2 Å². The first-order valence-corrected chi connectivity index (χ1v) is 10.6. The third kappa shape index (κ3) is 4.78. The third-order valence-electron chi connectivity index (χ3n) is 4.87. The molecule has 0 aliphatic carbocycles. The largest absolute Gasteiger partial charge is 0.491 e. The predicted molar refractivity (Wildman–Crippen MR) is 101 cm³/mol. The van der Waals surface area contributed by atoms with Gasteiger partial charge in [-0.05, 0) is 37.1 Å². The highest BCUT2D eigenvalue weighted by Gasteiger charge is 2.30. The fourth-order valence-corrected chi connectivity index (χ4v) is 4.28. The van der Waals surface area contributed by atoms with Crippen molar-refractivity contribution in [1.82, 2.24) is 13.5 Å². The molecule has 1 atom stereocenters. The summed E-state index contributed by atoms with van der Waals surface area (Å²) in [6.45, 7) is 2.68. The molecule has 0 saturated carbocycles. The number of carbonyl (C=O) groups excluding carboxylic acids is 1. The zero-order chi connectivity index (χ0) is 19.4. The molecule has 27 heavy (non-hydrogen) atoms. The van der Waals surface area contributed by atoms with E-state index in [2.05, 4.69) is 0 Å². The molecule has 8 nitrogen and oxygen atoms in total. The van der Waals surface area contributed by atoms with Gasteiger partial charge in [0.1, 0.15) is 12.4 Å². The van der Waals surface area contributed by atoms with E-state index in [1.54, 1.807) is 29.2 Å². The van der Waals surface area contributed by atoms with Crippen molar-refractivity contribution in [2.75, 3.05) is 53.5 Å². The Kier molecular flexibility index (Phi) is 6.36. The van der Waals surface area contributed by atoms with Crippen molar-refractivity contribution < 1.29 is 22.7 Å². The smallest absolute Gasteiger partial charge is 0.281 e. The van der Waals surface area contributed by atoms with Gasteiger partial charge < -0.3 is 14.4 Å². The average Bonchev–Trinajstić information content (AvgIpc) is 3.20. The average molecular weight is 397 g/mol. The second kappa shape index (κ2) is 8.55. The van der Waals surface area contributed by atoms with E-state index in [0.29, 0.717) is 44.1 Å². The number of hydrogen-bond donors (Lipinski definition) is 0. The van der Waals surface area contributed by atoms with E-state index in [1.807, 2.05) is 0 Å². The summed E-state index contributed by atoms with van der Waals surface area (Å²) < 4.78 is 38.1. The van der Waals surface area contributed by atoms with Crippen molar-refractivity contribution >= 4 is 16.1 Å². The number of hydrogen-bond acceptors (Lipinski definition) is 5. The Bertz CT molecular complexity index is 737. The molecule has 2 aliphatic rings. The van der Waals surface area contributed by atoms with Gasteiger partial charge in [0.25, 0.3) is 16.1 Å². The van der Waals surface area contributed by atoms with E-state index in [4.69, 9.17) is 9.47 Å². The Morgan fingerprint density at radius 2 is 1.85 bits per heavy atom. The monoisotopic (exact) mass is 397 g/mol. The van der Waals surface area contributed by atoms with Crippen LogP contribution in [0.2, 0.25) is 0 Å². The van der Waals surface area contributed by atoms with Crippen molar-refractivity contribution in [2.45, 2.75) is 18.9 Å². The zero-order valence-corrected chi connectivity index (χ0v) is 16.7. The molecule has 0 spiro atoms. The number of carbonyl (C=O) groups is 1. The van der Waals surface area contributed by atoms with Crippen LogP contribution in [0.5, 0.6) is 5.75 Å². The maximum atomic E-state index is 12.7. The quantitative estimate of drug-likeness (QED) is 0.710. The fraction of sp³-hybridized carbons (Fsp3) is 0.611. The summed E-state index contributed by atoms with van der Waals surface area (Å²) >= 11 is 0. The Balaban J connectivity index is 1.52. The molecule has 2 fully saturated rings. The first-order valence-electron chi connectivity index (χ1n) is 9.19. The summed E-state index contributed by atoms with van der Waals surface area (Å²) in [5.74, 6) is 0.617. The molecule has 3 rings (SSSR count). The van der Waals surface area contributed by atoms with E-state index in [9.17, 15) is 13.2 Å². The molecule has 0 bridgehead atoms. The minimum Gasteiger partial charge on any atom is -0.491 e. The first-order chi connectivity index (χ1) is 12.9. The molecular formula is C18H27N3O5S. The van der Waals surface area contributed by atoms with Crippen LogP contribution in [-0.2, 0) is 14.9 Å². The fourth-order valence-electron chi connectivity index (χ4n) is 3.19. The molecule has 1 unspecified atom stereocenters. The molecule has 2 saturated heterocycles. The standard InChI is InChI=1S/C18H27N3O5S/c1-19(2)27(23,24)21-11-9-20(10-12-21)18(22)15-5-7-16(8-6-15)26-14-17-4-3-13-25-17/h5-8,17H,3-4,9-14H2,1-2H3. The summed E-state index contributed by atoms with van der Waals surface area (Å²) in [7, 11) is -0.412. The van der Waals surface area contributed by atoms with Gasteiger partial charge in [-0.2, -0.15) is 17.0 Å². The number of amides is 1. The number of rotatable bonds is 6. The van der Waals surface area contributed by atoms with Crippen molar-refractivity contribution in [1.29, 1.82) is 0 Å². The third-order valence-corrected chi connectivity index (χ3v) is 6.82. The first kappa shape index (κ1) is 20.1. The number of nitrogens with zero attached hydrogens (tertiary/aromatic N) is 3. The summed E-state index contributed by atoms with van der Waals surface area (Å²) in [6, 6.07) is 7.07. The Labute approximate surface area is 160 Å². The molecule has 1 amide bonds. The van der Waals surface area contributed by atoms with Gasteiger partial charge in [-0.25, -0.2) is 0 Å². The lowest BCUT2D eigenvalue weighted by molar-refractivity contribution is 0.0675. The van der Waals surface area contributed by atoms with Gasteiger partial charge >= 0.3 is 0 Å². The lowest BCUT2D eigenvalue weighted by Gasteiger charge is -2.35. The molecule has 0 radical (unpaired) electrons. The zero-order valence-electron chi connectivity index (χ0n) is 15.8. The van der Waals surface area contributed by atoms with Crippen LogP contribution in [0.25, 0.3) is 0 Å². The van der Waals surface area contributed by atoms with Gasteiger partial charge in [-0.3, -0.25) is 4.79 Å². The van der Waals surface area contributed by atoms with Gasteiger partial charge in [0.05, 0.1) is 6.10 Å². The molecule has 2 heterocycles. The van der Waals surface area contributed by atoms with Gasteiger partial charge in [0.15, 0.2) is 0 Å². The van der Waals surface area contributed by atoms with Crippen molar-refractivity contribution in [2.24, 2.45) is 0 Å². The van der Waals surface area contributed by atoms with Crippen LogP contribution in [0.3, 0.4) is 0 Å². The van der Waals surface area contributed by atoms with Crippen LogP contribution in [-0.4, -0.2) is 87.4 Å². The maximum absolute atomic E-state index is 12.7. The molecule has 150 valence electrons. The Morgan fingerprint density at radius 1 is 1.19 bits per heavy atom. The number of piperazine rings is 1. The summed E-state index contributed by atoms with van der Waals surface area (Å²) in [5.41, 5.74) is 0.573. The van der Waals surface area contributed by atoms with Crippen LogP contribution in [0.15, 0.2) is 24.3 Å². The second-order valence-corrected chi connectivity index (χ2v) is 9.09. The summed E-state index contributed by atoms with van der Waals surface area (Å²) in [6.07, 6.45) is 2.25. The predicted octanol–water partition coefficient (Wildman–Crippen LogP) is 0.809. The molecule has 0 aromatic heterocycles. The lowest BCUT2D eigenvalue weighted by atomic mass is 10.2. The van der Waals surface area contributed by atoms with Gasteiger partial charge in [0.2, 0.25) is 0 Å². The van der Waals surface area contributed by atoms with Gasteiger partial charge in [-0.15, -0.1) is 0 Å². The van der Waals surface area contributed by atoms with E-state index < -0.39 is 10.2 Å². The van der Waals surface area contributed by atoms with E-state index in [0.717, 1.165) is 19.4 Å². The SMILES string of the molecule is CN(C)S(=O)(=O)N1CCN(C(=O)c2ccc(OCC3CCCO3)cc2)CC1. The molecule has 0 N–H and O–H groups in total. The topological polar surface area (TPSA) is 79.4 Å². The minimum absolute atomic E-state index is 0.0948. The van der Waals surface area contributed by atoms with Gasteiger partial charge in [-0.1, -0.05) is 0 Å². The Hall–Kier alpha value is -1.68. The highest BCUT2D eigenvalue weighted by atomic mass is 32.2. The van der Waals surface area contributed by atoms with Crippen LogP contribution in [0, 0.1) is 0 Å². The highest BCUT2D eigenvalue weighted by Crippen LogP contribution is 2.18. The number of benzene rings is 1. The van der Waals surface area contributed by atoms with Crippen molar-refractivity contribution in [3.8, 4) is 5.75 Å². The Morgan fingerprint density at radius 3 is 2.41 bits per heavy atom. The summed E-state index contributed by atoms with van der Waals surface area (Å²) in [5, 5.41) is 0. The summed E-state index contributed by atoms with van der Waals surface area (Å²) in [4.78, 5) is 14.3. The van der Waals surface area contributed by atoms with Crippen LogP contribution >= 0.6 is 0 Å². The van der Waals surface area contributed by atoms with Crippen LogP contribution in [0.4, 0.5) is 0 Å². The molecular weight excluding hydrogens is 370 g/mol.